The molecule has 0 aromatic heterocycles. The van der Waals surface area contributed by atoms with Gasteiger partial charge in [-0.1, -0.05) is 75.7 Å². The molecule has 158 valence electrons. The Kier molecular flexibility index (Phi) is 4.79. The van der Waals surface area contributed by atoms with Gasteiger partial charge in [0.1, 0.15) is 11.9 Å². The Bertz CT molecular complexity index is 914. The Hall–Kier alpha value is -2.10. The van der Waals surface area contributed by atoms with Crippen LogP contribution >= 0.6 is 0 Å². The maximum Gasteiger partial charge on any atom is 0.247 e. The number of hydrogen-bond donors (Lipinski definition) is 0. The van der Waals surface area contributed by atoms with Crippen molar-refractivity contribution < 1.29 is 14.2 Å². The highest BCUT2D eigenvalue weighted by molar-refractivity contribution is 5.70. The number of benzene rings is 2. The molecule has 2 aromatic carbocycles. The molecule has 2 fully saturated rings. The van der Waals surface area contributed by atoms with Gasteiger partial charge < -0.3 is 14.2 Å². The number of rotatable bonds is 3. The van der Waals surface area contributed by atoms with Crippen LogP contribution in [0.1, 0.15) is 58.4 Å². The summed E-state index contributed by atoms with van der Waals surface area (Å²) >= 11 is 0. The van der Waals surface area contributed by atoms with E-state index in [2.05, 4.69) is 51.1 Å². The zero-order valence-electron chi connectivity index (χ0n) is 18.3. The van der Waals surface area contributed by atoms with Crippen LogP contribution in [-0.2, 0) is 9.47 Å². The number of hydrogen-bond acceptors (Lipinski definition) is 3. The highest BCUT2D eigenvalue weighted by Gasteiger charge is 2.65. The summed E-state index contributed by atoms with van der Waals surface area (Å²) in [6.45, 7) is 6.92. The lowest BCUT2D eigenvalue weighted by atomic mass is 9.68. The lowest BCUT2D eigenvalue weighted by Crippen LogP contribution is -2.50. The van der Waals surface area contributed by atoms with Crippen LogP contribution in [0.2, 0.25) is 0 Å². The highest BCUT2D eigenvalue weighted by atomic mass is 16.8. The average molecular weight is 405 g/mol. The van der Waals surface area contributed by atoms with Crippen molar-refractivity contribution >= 4 is 5.57 Å². The first-order valence-electron chi connectivity index (χ1n) is 11.3. The summed E-state index contributed by atoms with van der Waals surface area (Å²) in [4.78, 5) is 0. The van der Waals surface area contributed by atoms with E-state index in [9.17, 15) is 0 Å². The van der Waals surface area contributed by atoms with Crippen LogP contribution in [-0.4, -0.2) is 17.7 Å². The Morgan fingerprint density at radius 3 is 2.33 bits per heavy atom. The van der Waals surface area contributed by atoms with Crippen molar-refractivity contribution in [2.45, 2.75) is 70.6 Å². The van der Waals surface area contributed by atoms with Crippen molar-refractivity contribution in [3.05, 3.63) is 72.3 Å². The van der Waals surface area contributed by atoms with Crippen LogP contribution in [0.25, 0.3) is 5.57 Å². The molecule has 0 N–H and O–H groups in total. The molecule has 4 atom stereocenters. The zero-order valence-corrected chi connectivity index (χ0v) is 18.3. The van der Waals surface area contributed by atoms with E-state index in [1.807, 2.05) is 36.4 Å². The van der Waals surface area contributed by atoms with Crippen LogP contribution in [0.3, 0.4) is 0 Å². The lowest BCUT2D eigenvalue weighted by Gasteiger charge is -2.47. The molecule has 5 rings (SSSR count). The second-order valence-corrected chi connectivity index (χ2v) is 10.1. The largest absolute Gasteiger partial charge is 0.459 e. The van der Waals surface area contributed by atoms with Crippen LogP contribution in [0, 0.1) is 11.3 Å². The van der Waals surface area contributed by atoms with E-state index in [4.69, 9.17) is 14.2 Å². The van der Waals surface area contributed by atoms with E-state index < -0.39 is 11.6 Å². The van der Waals surface area contributed by atoms with Crippen molar-refractivity contribution in [3.8, 4) is 5.75 Å². The molecule has 1 heterocycles. The Labute approximate surface area is 180 Å². The molecule has 30 heavy (non-hydrogen) atoms. The molecule has 3 nitrogen and oxygen atoms in total. The molecule has 0 bridgehead atoms. The summed E-state index contributed by atoms with van der Waals surface area (Å²) in [5.41, 5.74) is 2.55. The molecule has 1 saturated carbocycles. The van der Waals surface area contributed by atoms with Crippen molar-refractivity contribution in [2.75, 3.05) is 0 Å². The fourth-order valence-corrected chi connectivity index (χ4v) is 5.61. The molecule has 0 amide bonds. The van der Waals surface area contributed by atoms with Crippen molar-refractivity contribution in [1.82, 2.24) is 0 Å². The van der Waals surface area contributed by atoms with Gasteiger partial charge in [0.05, 0.1) is 0 Å². The van der Waals surface area contributed by atoms with E-state index in [0.29, 0.717) is 12.3 Å². The molecular formula is C27H32O3. The Morgan fingerprint density at radius 2 is 1.63 bits per heavy atom. The highest BCUT2D eigenvalue weighted by Crippen LogP contribution is 2.57. The van der Waals surface area contributed by atoms with Gasteiger partial charge >= 0.3 is 0 Å². The normalized spacial score (nSPS) is 33.4. The SMILES string of the molecule is CC(C)(C)[C@@H]1CCCC[C@@]12O[C@H]1C=C(c3ccccc3)C[C@@]1(Oc1ccccc1)O2. The van der Waals surface area contributed by atoms with Crippen LogP contribution in [0.15, 0.2) is 66.7 Å². The molecule has 1 spiro atoms. The fraction of sp³-hybridized carbons (Fsp3) is 0.481. The van der Waals surface area contributed by atoms with Crippen LogP contribution in [0.5, 0.6) is 5.75 Å². The second-order valence-electron chi connectivity index (χ2n) is 10.1. The maximum atomic E-state index is 7.00. The maximum absolute atomic E-state index is 7.00. The molecule has 3 heteroatoms. The van der Waals surface area contributed by atoms with Gasteiger partial charge in [-0.3, -0.25) is 0 Å². The summed E-state index contributed by atoms with van der Waals surface area (Å²) in [7, 11) is 0. The first kappa shape index (κ1) is 19.8. The van der Waals surface area contributed by atoms with Gasteiger partial charge in [0.15, 0.2) is 5.79 Å². The zero-order chi connectivity index (χ0) is 20.8. The third-order valence-corrected chi connectivity index (χ3v) is 6.92. The molecule has 2 aromatic rings. The van der Waals surface area contributed by atoms with Crippen molar-refractivity contribution in [3.63, 3.8) is 0 Å². The van der Waals surface area contributed by atoms with Gasteiger partial charge in [0.25, 0.3) is 0 Å². The summed E-state index contributed by atoms with van der Waals surface area (Å²) < 4.78 is 20.5. The predicted octanol–water partition coefficient (Wildman–Crippen LogP) is 6.60. The molecule has 3 aliphatic rings. The quantitative estimate of drug-likeness (QED) is 0.577. The van der Waals surface area contributed by atoms with Crippen LogP contribution < -0.4 is 4.74 Å². The van der Waals surface area contributed by atoms with Gasteiger partial charge in [0, 0.05) is 18.8 Å². The summed E-state index contributed by atoms with van der Waals surface area (Å²) in [5.74, 6) is -0.217. The number of para-hydroxylation sites is 1. The topological polar surface area (TPSA) is 27.7 Å². The van der Waals surface area contributed by atoms with E-state index in [1.165, 1.54) is 17.6 Å². The van der Waals surface area contributed by atoms with Gasteiger partial charge in [-0.2, -0.15) is 0 Å². The van der Waals surface area contributed by atoms with Gasteiger partial charge in [-0.05, 0) is 47.6 Å². The molecule has 2 aliphatic carbocycles. The minimum absolute atomic E-state index is 0.110. The monoisotopic (exact) mass is 404 g/mol. The predicted molar refractivity (Wildman–Crippen MR) is 119 cm³/mol. The molecular weight excluding hydrogens is 372 g/mol. The van der Waals surface area contributed by atoms with E-state index in [-0.39, 0.29) is 11.5 Å². The summed E-state index contributed by atoms with van der Waals surface area (Å²) in [5, 5.41) is 0. The Balaban J connectivity index is 1.53. The van der Waals surface area contributed by atoms with Crippen molar-refractivity contribution in [2.24, 2.45) is 11.3 Å². The van der Waals surface area contributed by atoms with Crippen LogP contribution in [0.4, 0.5) is 0 Å². The minimum Gasteiger partial charge on any atom is -0.459 e. The Morgan fingerprint density at radius 1 is 0.933 bits per heavy atom. The summed E-state index contributed by atoms with van der Waals surface area (Å²) in [6.07, 6.45) is 7.15. The molecule has 0 unspecified atom stereocenters. The molecule has 1 aliphatic heterocycles. The first-order valence-corrected chi connectivity index (χ1v) is 11.3. The third kappa shape index (κ3) is 3.38. The van der Waals surface area contributed by atoms with Crippen molar-refractivity contribution in [1.29, 1.82) is 0 Å². The van der Waals surface area contributed by atoms with E-state index in [0.717, 1.165) is 25.0 Å². The average Bonchev–Trinajstić information content (AvgIpc) is 3.19. The van der Waals surface area contributed by atoms with E-state index in [1.54, 1.807) is 0 Å². The smallest absolute Gasteiger partial charge is 0.247 e. The number of ether oxygens (including phenoxy) is 3. The van der Waals surface area contributed by atoms with E-state index >= 15 is 0 Å². The van der Waals surface area contributed by atoms with Gasteiger partial charge in [-0.25, -0.2) is 0 Å². The minimum atomic E-state index is -0.812. The summed E-state index contributed by atoms with van der Waals surface area (Å²) in [6, 6.07) is 20.5. The molecule has 0 radical (unpaired) electrons. The third-order valence-electron chi connectivity index (χ3n) is 6.92. The second kappa shape index (κ2) is 7.25. The fourth-order valence-electron chi connectivity index (χ4n) is 5.61. The lowest BCUT2D eigenvalue weighted by molar-refractivity contribution is -0.282. The number of fused-ring (bicyclic) bond motifs is 1. The van der Waals surface area contributed by atoms with Gasteiger partial charge in [-0.15, -0.1) is 0 Å². The first-order chi connectivity index (χ1) is 14.4. The molecule has 1 saturated heterocycles. The standard InChI is InChI=1S/C27H32O3/c1-25(2,3)23-16-10-11-17-26(23)29-24-18-21(20-12-6-4-7-13-20)19-27(24,30-26)28-22-14-8-5-9-15-22/h4-9,12-15,18,23-24H,10-11,16-17,19H2,1-3H3/t23-,24-,26-,27+/m0/s1. The van der Waals surface area contributed by atoms with Gasteiger partial charge in [0.2, 0.25) is 5.79 Å².